The maximum Gasteiger partial charge on any atom is 0.233 e. The molecule has 0 radical (unpaired) electrons. The lowest BCUT2D eigenvalue weighted by atomic mass is 9.90. The second-order valence-corrected chi connectivity index (χ2v) is 7.79. The highest BCUT2D eigenvalue weighted by atomic mass is 16.3. The standard InChI is InChI=1S/C20H28N2O2/c1-15-5-2-3-6-16(15)20(9-10-20)19(24)22-13-11-21(12-14-22)17-7-4-8-18(17)23/h2-3,5-6,17-18,23H,4,7-14H2,1H3/t17-,18+/m1/s1. The fraction of sp³-hybridized carbons (Fsp3) is 0.650. The summed E-state index contributed by atoms with van der Waals surface area (Å²) in [5.74, 6) is 0.323. The normalized spacial score (nSPS) is 29.7. The van der Waals surface area contributed by atoms with Crippen LogP contribution in [0.3, 0.4) is 0 Å². The number of hydrogen-bond acceptors (Lipinski definition) is 3. The number of aliphatic hydroxyl groups excluding tert-OH is 1. The van der Waals surface area contributed by atoms with Gasteiger partial charge in [-0.3, -0.25) is 9.69 Å². The van der Waals surface area contributed by atoms with Gasteiger partial charge in [-0.15, -0.1) is 0 Å². The topological polar surface area (TPSA) is 43.8 Å². The first-order valence-electron chi connectivity index (χ1n) is 9.39. The zero-order valence-electron chi connectivity index (χ0n) is 14.6. The average Bonchev–Trinajstić information content (AvgIpc) is 3.30. The highest BCUT2D eigenvalue weighted by Gasteiger charge is 2.53. The van der Waals surface area contributed by atoms with Gasteiger partial charge >= 0.3 is 0 Å². The van der Waals surface area contributed by atoms with Crippen LogP contribution in [0.1, 0.15) is 43.2 Å². The molecule has 1 saturated heterocycles. The van der Waals surface area contributed by atoms with Crippen molar-refractivity contribution >= 4 is 5.91 Å². The summed E-state index contributed by atoms with van der Waals surface area (Å²) in [6, 6.07) is 8.65. The number of rotatable bonds is 3. The molecule has 1 aliphatic heterocycles. The Kier molecular flexibility index (Phi) is 4.13. The molecule has 3 aliphatic rings. The van der Waals surface area contributed by atoms with Gasteiger partial charge in [0.15, 0.2) is 0 Å². The minimum absolute atomic E-state index is 0.172. The van der Waals surface area contributed by atoms with E-state index in [2.05, 4.69) is 34.9 Å². The van der Waals surface area contributed by atoms with Gasteiger partial charge in [0.2, 0.25) is 5.91 Å². The summed E-state index contributed by atoms with van der Waals surface area (Å²) in [4.78, 5) is 17.6. The van der Waals surface area contributed by atoms with Gasteiger partial charge in [-0.2, -0.15) is 0 Å². The number of carbonyl (C=O) groups excluding carboxylic acids is 1. The average molecular weight is 328 g/mol. The van der Waals surface area contributed by atoms with Crippen LogP contribution in [0.2, 0.25) is 0 Å². The minimum atomic E-state index is -0.250. The largest absolute Gasteiger partial charge is 0.391 e. The Morgan fingerprint density at radius 3 is 2.42 bits per heavy atom. The predicted molar refractivity (Wildman–Crippen MR) is 93.9 cm³/mol. The van der Waals surface area contributed by atoms with Crippen molar-refractivity contribution in [1.29, 1.82) is 0 Å². The number of aryl methyl sites for hydroxylation is 1. The van der Waals surface area contributed by atoms with E-state index in [0.717, 1.165) is 58.3 Å². The lowest BCUT2D eigenvalue weighted by Crippen LogP contribution is -2.55. The molecule has 4 rings (SSSR count). The summed E-state index contributed by atoms with van der Waals surface area (Å²) in [6.07, 6.45) is 4.95. The maximum absolute atomic E-state index is 13.2. The third-order valence-corrected chi connectivity index (χ3v) is 6.33. The Hall–Kier alpha value is -1.39. The van der Waals surface area contributed by atoms with Crippen LogP contribution in [-0.2, 0) is 10.2 Å². The van der Waals surface area contributed by atoms with E-state index in [9.17, 15) is 9.90 Å². The molecule has 4 heteroatoms. The van der Waals surface area contributed by atoms with Gasteiger partial charge in [0.05, 0.1) is 11.5 Å². The SMILES string of the molecule is Cc1ccccc1C1(C(=O)N2CCN([C@@H]3CCC[C@@H]3O)CC2)CC1. The zero-order chi connectivity index (χ0) is 16.7. The third kappa shape index (κ3) is 2.66. The number of carbonyl (C=O) groups is 1. The summed E-state index contributed by atoms with van der Waals surface area (Å²) in [6.45, 7) is 5.52. The Morgan fingerprint density at radius 2 is 1.83 bits per heavy atom. The molecule has 130 valence electrons. The quantitative estimate of drug-likeness (QED) is 0.924. The highest BCUT2D eigenvalue weighted by molar-refractivity contribution is 5.91. The van der Waals surface area contributed by atoms with E-state index in [-0.39, 0.29) is 11.5 Å². The number of aliphatic hydroxyl groups is 1. The lowest BCUT2D eigenvalue weighted by Gasteiger charge is -2.40. The molecule has 0 spiro atoms. The molecule has 1 aromatic rings. The van der Waals surface area contributed by atoms with Crippen molar-refractivity contribution < 1.29 is 9.90 Å². The summed E-state index contributed by atoms with van der Waals surface area (Å²) in [5.41, 5.74) is 2.21. The van der Waals surface area contributed by atoms with Gasteiger partial charge in [0.25, 0.3) is 0 Å². The van der Waals surface area contributed by atoms with Gasteiger partial charge in [0, 0.05) is 32.2 Å². The second-order valence-electron chi connectivity index (χ2n) is 7.79. The highest BCUT2D eigenvalue weighted by Crippen LogP contribution is 2.50. The van der Waals surface area contributed by atoms with E-state index in [1.807, 2.05) is 6.07 Å². The molecule has 2 saturated carbocycles. The third-order valence-electron chi connectivity index (χ3n) is 6.33. The van der Waals surface area contributed by atoms with Crippen molar-refractivity contribution in [1.82, 2.24) is 9.80 Å². The van der Waals surface area contributed by atoms with E-state index < -0.39 is 0 Å². The van der Waals surface area contributed by atoms with Crippen molar-refractivity contribution in [3.05, 3.63) is 35.4 Å². The molecule has 1 amide bonds. The number of nitrogens with zero attached hydrogens (tertiary/aromatic N) is 2. The molecule has 24 heavy (non-hydrogen) atoms. The van der Waals surface area contributed by atoms with Crippen LogP contribution in [0.4, 0.5) is 0 Å². The van der Waals surface area contributed by atoms with Gasteiger partial charge in [0.1, 0.15) is 0 Å². The molecule has 3 fully saturated rings. The number of hydrogen-bond donors (Lipinski definition) is 1. The van der Waals surface area contributed by atoms with Crippen molar-refractivity contribution in [2.24, 2.45) is 0 Å². The smallest absolute Gasteiger partial charge is 0.233 e. The van der Waals surface area contributed by atoms with Gasteiger partial charge in [-0.1, -0.05) is 24.3 Å². The molecular formula is C20H28N2O2. The molecule has 4 nitrogen and oxygen atoms in total. The fourth-order valence-electron chi connectivity index (χ4n) is 4.74. The van der Waals surface area contributed by atoms with Crippen molar-refractivity contribution in [3.8, 4) is 0 Å². The number of benzene rings is 1. The number of amides is 1. The summed E-state index contributed by atoms with van der Waals surface area (Å²) >= 11 is 0. The first-order valence-corrected chi connectivity index (χ1v) is 9.39. The fourth-order valence-corrected chi connectivity index (χ4v) is 4.74. The molecule has 0 bridgehead atoms. The molecule has 0 unspecified atom stereocenters. The molecule has 2 aliphatic carbocycles. The van der Waals surface area contributed by atoms with E-state index >= 15 is 0 Å². The molecule has 0 aromatic heterocycles. The molecule has 2 atom stereocenters. The second kappa shape index (κ2) is 6.16. The van der Waals surface area contributed by atoms with E-state index in [1.54, 1.807) is 0 Å². The minimum Gasteiger partial charge on any atom is -0.391 e. The Morgan fingerprint density at radius 1 is 1.12 bits per heavy atom. The van der Waals surface area contributed by atoms with E-state index in [1.165, 1.54) is 11.1 Å². The van der Waals surface area contributed by atoms with Crippen LogP contribution in [0.25, 0.3) is 0 Å². The van der Waals surface area contributed by atoms with Gasteiger partial charge in [-0.25, -0.2) is 0 Å². The Balaban J connectivity index is 1.43. The number of piperazine rings is 1. The van der Waals surface area contributed by atoms with Gasteiger partial charge < -0.3 is 10.0 Å². The zero-order valence-corrected chi connectivity index (χ0v) is 14.6. The summed E-state index contributed by atoms with van der Waals surface area (Å²) in [7, 11) is 0. The van der Waals surface area contributed by atoms with Crippen molar-refractivity contribution in [2.45, 2.75) is 56.6 Å². The van der Waals surface area contributed by atoms with Crippen LogP contribution in [-0.4, -0.2) is 59.1 Å². The molecule has 1 heterocycles. The van der Waals surface area contributed by atoms with Crippen molar-refractivity contribution in [3.63, 3.8) is 0 Å². The van der Waals surface area contributed by atoms with Crippen LogP contribution in [0.5, 0.6) is 0 Å². The van der Waals surface area contributed by atoms with Crippen LogP contribution >= 0.6 is 0 Å². The summed E-state index contributed by atoms with van der Waals surface area (Å²) in [5, 5.41) is 10.1. The maximum atomic E-state index is 13.2. The van der Waals surface area contributed by atoms with Crippen molar-refractivity contribution in [2.75, 3.05) is 26.2 Å². The molecular weight excluding hydrogens is 300 g/mol. The van der Waals surface area contributed by atoms with Crippen LogP contribution < -0.4 is 0 Å². The monoisotopic (exact) mass is 328 g/mol. The molecule has 1 aromatic carbocycles. The first-order chi connectivity index (χ1) is 11.6. The van der Waals surface area contributed by atoms with E-state index in [4.69, 9.17) is 0 Å². The molecule has 1 N–H and O–H groups in total. The lowest BCUT2D eigenvalue weighted by molar-refractivity contribution is -0.136. The van der Waals surface area contributed by atoms with Crippen LogP contribution in [0.15, 0.2) is 24.3 Å². The summed E-state index contributed by atoms with van der Waals surface area (Å²) < 4.78 is 0. The first kappa shape index (κ1) is 16.1. The Bertz CT molecular complexity index is 618. The Labute approximate surface area is 144 Å². The van der Waals surface area contributed by atoms with Crippen LogP contribution in [0, 0.1) is 6.92 Å². The van der Waals surface area contributed by atoms with E-state index in [0.29, 0.717) is 11.9 Å². The predicted octanol–water partition coefficient (Wildman–Crippen LogP) is 2.08. The van der Waals surface area contributed by atoms with Gasteiger partial charge in [-0.05, 0) is 50.2 Å².